The van der Waals surface area contributed by atoms with Crippen molar-refractivity contribution in [3.05, 3.63) is 78.1 Å². The first-order valence-corrected chi connectivity index (χ1v) is 10.9. The molecule has 1 amide bonds. The molecular weight excluding hydrogens is 391 g/mol. The zero-order valence-corrected chi connectivity index (χ0v) is 16.6. The summed E-state index contributed by atoms with van der Waals surface area (Å²) in [6, 6.07) is 19.3. The van der Waals surface area contributed by atoms with Crippen LogP contribution in [-0.4, -0.2) is 49.7 Å². The molecule has 7 heteroatoms. The molecule has 1 aliphatic heterocycles. The number of carbonyl (C=O) groups is 1. The van der Waals surface area contributed by atoms with Crippen molar-refractivity contribution in [3.63, 3.8) is 0 Å². The normalized spacial score (nSPS) is 15.6. The topological polar surface area (TPSA) is 57.7 Å². The van der Waals surface area contributed by atoms with E-state index in [9.17, 15) is 17.6 Å². The van der Waals surface area contributed by atoms with Crippen molar-refractivity contribution in [1.82, 2.24) is 9.21 Å². The van der Waals surface area contributed by atoms with Gasteiger partial charge >= 0.3 is 0 Å². The van der Waals surface area contributed by atoms with Gasteiger partial charge in [0.05, 0.1) is 6.42 Å². The van der Waals surface area contributed by atoms with Gasteiger partial charge in [0.25, 0.3) is 0 Å². The number of rotatable bonds is 4. The van der Waals surface area contributed by atoms with Crippen LogP contribution in [0.2, 0.25) is 0 Å². The fourth-order valence-electron chi connectivity index (χ4n) is 3.61. The summed E-state index contributed by atoms with van der Waals surface area (Å²) >= 11 is 0. The molecule has 1 aliphatic rings. The molecule has 1 saturated heterocycles. The zero-order chi connectivity index (χ0) is 20.4. The Morgan fingerprint density at radius 1 is 0.862 bits per heavy atom. The Labute approximate surface area is 169 Å². The quantitative estimate of drug-likeness (QED) is 0.662. The molecule has 1 heterocycles. The monoisotopic (exact) mass is 412 g/mol. The summed E-state index contributed by atoms with van der Waals surface area (Å²) in [6.07, 6.45) is 0.269. The Morgan fingerprint density at radius 2 is 1.52 bits per heavy atom. The molecule has 0 unspecified atom stereocenters. The number of sulfonamides is 1. The van der Waals surface area contributed by atoms with Crippen LogP contribution in [0.15, 0.2) is 71.6 Å². The third-order valence-electron chi connectivity index (χ3n) is 5.22. The van der Waals surface area contributed by atoms with E-state index in [1.807, 2.05) is 42.5 Å². The molecular formula is C22H21FN2O3S. The highest BCUT2D eigenvalue weighted by Crippen LogP contribution is 2.21. The van der Waals surface area contributed by atoms with E-state index in [0.29, 0.717) is 13.1 Å². The Morgan fingerprint density at radius 3 is 2.24 bits per heavy atom. The second kappa shape index (κ2) is 7.93. The van der Waals surface area contributed by atoms with E-state index in [1.54, 1.807) is 4.90 Å². The second-order valence-corrected chi connectivity index (χ2v) is 8.98. The van der Waals surface area contributed by atoms with Crippen molar-refractivity contribution in [2.75, 3.05) is 26.2 Å². The molecule has 4 rings (SSSR count). The fraction of sp³-hybridized carbons (Fsp3) is 0.227. The first-order chi connectivity index (χ1) is 13.9. The molecule has 0 atom stereocenters. The molecule has 0 aliphatic carbocycles. The maximum atomic E-state index is 13.9. The number of hydrogen-bond donors (Lipinski definition) is 0. The predicted molar refractivity (Wildman–Crippen MR) is 109 cm³/mol. The summed E-state index contributed by atoms with van der Waals surface area (Å²) in [4.78, 5) is 14.0. The maximum absolute atomic E-state index is 13.9. The standard InChI is InChI=1S/C22H21FN2O3S/c23-20-7-3-4-8-21(20)29(27,28)25-13-11-24(12-14-25)22(26)16-17-9-10-18-5-1-2-6-19(18)15-17/h1-10,15H,11-14,16H2. The van der Waals surface area contributed by atoms with Crippen LogP contribution in [-0.2, 0) is 21.2 Å². The number of benzene rings is 3. The van der Waals surface area contributed by atoms with Crippen molar-refractivity contribution in [2.24, 2.45) is 0 Å². The van der Waals surface area contributed by atoms with Gasteiger partial charge in [-0.2, -0.15) is 4.31 Å². The molecule has 0 radical (unpaired) electrons. The van der Waals surface area contributed by atoms with Gasteiger partial charge in [-0.3, -0.25) is 4.79 Å². The van der Waals surface area contributed by atoms with Crippen molar-refractivity contribution >= 4 is 26.7 Å². The van der Waals surface area contributed by atoms with Gasteiger partial charge in [-0.25, -0.2) is 12.8 Å². The highest BCUT2D eigenvalue weighted by atomic mass is 32.2. The van der Waals surface area contributed by atoms with Crippen LogP contribution >= 0.6 is 0 Å². The van der Waals surface area contributed by atoms with Crippen LogP contribution in [0.1, 0.15) is 5.56 Å². The Kier molecular flexibility index (Phi) is 5.34. The lowest BCUT2D eigenvalue weighted by Crippen LogP contribution is -2.51. The predicted octanol–water partition coefficient (Wildman–Crippen LogP) is 3.05. The van der Waals surface area contributed by atoms with Gasteiger partial charge in [-0.1, -0.05) is 54.6 Å². The Bertz CT molecular complexity index is 1160. The van der Waals surface area contributed by atoms with E-state index in [1.165, 1.54) is 22.5 Å². The molecule has 0 spiro atoms. The van der Waals surface area contributed by atoms with Gasteiger partial charge in [0.2, 0.25) is 15.9 Å². The van der Waals surface area contributed by atoms with Crippen LogP contribution in [0.25, 0.3) is 10.8 Å². The van der Waals surface area contributed by atoms with E-state index in [4.69, 9.17) is 0 Å². The molecule has 29 heavy (non-hydrogen) atoms. The highest BCUT2D eigenvalue weighted by Gasteiger charge is 2.31. The van der Waals surface area contributed by atoms with Gasteiger partial charge in [0, 0.05) is 26.2 Å². The Hall–Kier alpha value is -2.77. The summed E-state index contributed by atoms with van der Waals surface area (Å²) in [7, 11) is -3.90. The SMILES string of the molecule is O=C(Cc1ccc2ccccc2c1)N1CCN(S(=O)(=O)c2ccccc2F)CC1. The van der Waals surface area contributed by atoms with Crippen LogP contribution in [0.4, 0.5) is 4.39 Å². The van der Waals surface area contributed by atoms with E-state index in [2.05, 4.69) is 0 Å². The van der Waals surface area contributed by atoms with Crippen LogP contribution in [0, 0.1) is 5.82 Å². The highest BCUT2D eigenvalue weighted by molar-refractivity contribution is 7.89. The van der Waals surface area contributed by atoms with Gasteiger partial charge in [-0.05, 0) is 28.5 Å². The molecule has 0 aromatic heterocycles. The number of fused-ring (bicyclic) bond motifs is 1. The number of amides is 1. The van der Waals surface area contributed by atoms with Gasteiger partial charge < -0.3 is 4.90 Å². The maximum Gasteiger partial charge on any atom is 0.246 e. The van der Waals surface area contributed by atoms with Crippen LogP contribution < -0.4 is 0 Å². The molecule has 0 N–H and O–H groups in total. The van der Waals surface area contributed by atoms with Crippen molar-refractivity contribution in [2.45, 2.75) is 11.3 Å². The average molecular weight is 412 g/mol. The summed E-state index contributed by atoms with van der Waals surface area (Å²) in [5, 5.41) is 2.20. The van der Waals surface area contributed by atoms with Crippen LogP contribution in [0.5, 0.6) is 0 Å². The van der Waals surface area contributed by atoms with Crippen molar-refractivity contribution in [1.29, 1.82) is 0 Å². The largest absolute Gasteiger partial charge is 0.340 e. The smallest absolute Gasteiger partial charge is 0.246 e. The molecule has 1 fully saturated rings. The van der Waals surface area contributed by atoms with Gasteiger partial charge in [-0.15, -0.1) is 0 Å². The van der Waals surface area contributed by atoms with E-state index < -0.39 is 15.8 Å². The number of piperazine rings is 1. The lowest BCUT2D eigenvalue weighted by atomic mass is 10.0. The number of nitrogens with zero attached hydrogens (tertiary/aromatic N) is 2. The van der Waals surface area contributed by atoms with Gasteiger partial charge in [0.15, 0.2) is 0 Å². The van der Waals surface area contributed by atoms with Crippen LogP contribution in [0.3, 0.4) is 0 Å². The minimum absolute atomic E-state index is 0.0387. The minimum atomic E-state index is -3.90. The van der Waals surface area contributed by atoms with E-state index in [0.717, 1.165) is 22.4 Å². The number of halogens is 1. The first-order valence-electron chi connectivity index (χ1n) is 9.45. The van der Waals surface area contributed by atoms with Gasteiger partial charge in [0.1, 0.15) is 10.7 Å². The summed E-state index contributed by atoms with van der Waals surface area (Å²) in [5.41, 5.74) is 0.926. The van der Waals surface area contributed by atoms with Crippen molar-refractivity contribution < 1.29 is 17.6 Å². The molecule has 3 aromatic carbocycles. The molecule has 150 valence electrons. The number of hydrogen-bond acceptors (Lipinski definition) is 3. The summed E-state index contributed by atoms with van der Waals surface area (Å²) in [5.74, 6) is -0.800. The number of carbonyl (C=O) groups excluding carboxylic acids is 1. The molecule has 0 bridgehead atoms. The minimum Gasteiger partial charge on any atom is -0.340 e. The molecule has 3 aromatic rings. The summed E-state index contributed by atoms with van der Waals surface area (Å²) < 4.78 is 40.5. The van der Waals surface area contributed by atoms with Crippen molar-refractivity contribution in [3.8, 4) is 0 Å². The van der Waals surface area contributed by atoms with E-state index >= 15 is 0 Å². The average Bonchev–Trinajstić information content (AvgIpc) is 2.74. The lowest BCUT2D eigenvalue weighted by Gasteiger charge is -2.34. The molecule has 5 nitrogen and oxygen atoms in total. The molecule has 0 saturated carbocycles. The second-order valence-electron chi connectivity index (χ2n) is 7.07. The fourth-order valence-corrected chi connectivity index (χ4v) is 5.09. The van der Waals surface area contributed by atoms with E-state index in [-0.39, 0.29) is 30.3 Å². The first kappa shape index (κ1) is 19.5. The Balaban J connectivity index is 1.41. The third-order valence-corrected chi connectivity index (χ3v) is 7.15. The zero-order valence-electron chi connectivity index (χ0n) is 15.8. The third kappa shape index (κ3) is 4.02. The summed E-state index contributed by atoms with van der Waals surface area (Å²) in [6.45, 7) is 0.889. The lowest BCUT2D eigenvalue weighted by molar-refractivity contribution is -0.131.